The maximum atomic E-state index is 10.9. The molecule has 8 heteroatoms. The first kappa shape index (κ1) is 12.9. The second-order valence-corrected chi connectivity index (χ2v) is 5.19. The molecule has 2 N–H and O–H groups in total. The van der Waals surface area contributed by atoms with E-state index in [1.165, 1.54) is 6.20 Å². The first-order chi connectivity index (χ1) is 8.70. The van der Waals surface area contributed by atoms with Crippen LogP contribution in [0.4, 0.5) is 17.5 Å². The van der Waals surface area contributed by atoms with Crippen molar-refractivity contribution in [2.24, 2.45) is 0 Å². The normalized spacial score (nSPS) is 16.3. The fourth-order valence-corrected chi connectivity index (χ4v) is 2.88. The summed E-state index contributed by atoms with van der Waals surface area (Å²) in [7, 11) is 1.68. The Labute approximate surface area is 109 Å². The average Bonchev–Trinajstić information content (AvgIpc) is 2.39. The molecule has 2 heterocycles. The molecule has 0 amide bonds. The lowest BCUT2D eigenvalue weighted by Gasteiger charge is -2.22. The molecule has 1 aliphatic heterocycles. The van der Waals surface area contributed by atoms with Gasteiger partial charge in [0.25, 0.3) is 0 Å². The summed E-state index contributed by atoms with van der Waals surface area (Å²) < 4.78 is 0. The Balaban J connectivity index is 2.19. The third-order valence-corrected chi connectivity index (χ3v) is 3.80. The van der Waals surface area contributed by atoms with Gasteiger partial charge in [0.05, 0.1) is 4.92 Å². The SMILES string of the molecule is CNc1ncc([N+](=O)[O-])c(NC2CCSCC2)n1. The number of thioether (sulfide) groups is 1. The monoisotopic (exact) mass is 269 g/mol. The first-order valence-corrected chi connectivity index (χ1v) is 6.89. The van der Waals surface area contributed by atoms with E-state index in [1.807, 2.05) is 11.8 Å². The molecular weight excluding hydrogens is 254 g/mol. The molecule has 1 fully saturated rings. The molecule has 0 spiro atoms. The predicted molar refractivity (Wildman–Crippen MR) is 72.2 cm³/mol. The van der Waals surface area contributed by atoms with E-state index in [-0.39, 0.29) is 11.7 Å². The molecule has 1 saturated heterocycles. The largest absolute Gasteiger partial charge is 0.361 e. The Morgan fingerprint density at radius 2 is 2.22 bits per heavy atom. The predicted octanol–water partition coefficient (Wildman–Crippen LogP) is 1.73. The summed E-state index contributed by atoms with van der Waals surface area (Å²) in [4.78, 5) is 18.5. The van der Waals surface area contributed by atoms with Gasteiger partial charge in [-0.3, -0.25) is 10.1 Å². The van der Waals surface area contributed by atoms with E-state index in [0.717, 1.165) is 24.3 Å². The maximum absolute atomic E-state index is 10.9. The number of aromatic nitrogens is 2. The van der Waals surface area contributed by atoms with Crippen molar-refractivity contribution >= 4 is 29.2 Å². The molecule has 0 unspecified atom stereocenters. The van der Waals surface area contributed by atoms with Gasteiger partial charge in [0.15, 0.2) is 0 Å². The smallest absolute Gasteiger partial charge is 0.329 e. The summed E-state index contributed by atoms with van der Waals surface area (Å²) in [6.45, 7) is 0. The number of nitrogens with zero attached hydrogens (tertiary/aromatic N) is 3. The number of nitrogens with one attached hydrogen (secondary N) is 2. The summed E-state index contributed by atoms with van der Waals surface area (Å²) in [5.74, 6) is 2.84. The highest BCUT2D eigenvalue weighted by atomic mass is 32.2. The van der Waals surface area contributed by atoms with Crippen molar-refractivity contribution < 1.29 is 4.92 Å². The zero-order valence-corrected chi connectivity index (χ0v) is 10.9. The van der Waals surface area contributed by atoms with E-state index in [9.17, 15) is 10.1 Å². The second-order valence-electron chi connectivity index (χ2n) is 3.97. The minimum absolute atomic E-state index is 0.0766. The van der Waals surface area contributed by atoms with Crippen LogP contribution < -0.4 is 10.6 Å². The lowest BCUT2D eigenvalue weighted by atomic mass is 10.1. The van der Waals surface area contributed by atoms with Crippen molar-refractivity contribution in [1.82, 2.24) is 9.97 Å². The highest BCUT2D eigenvalue weighted by Gasteiger charge is 2.21. The Hall–Kier alpha value is -1.57. The van der Waals surface area contributed by atoms with Crippen LogP contribution >= 0.6 is 11.8 Å². The van der Waals surface area contributed by atoms with Crippen molar-refractivity contribution in [2.75, 3.05) is 29.2 Å². The summed E-state index contributed by atoms with van der Waals surface area (Å²) in [5.41, 5.74) is -0.0766. The molecule has 1 aromatic heterocycles. The van der Waals surface area contributed by atoms with Crippen molar-refractivity contribution in [1.29, 1.82) is 0 Å². The first-order valence-electron chi connectivity index (χ1n) is 5.74. The summed E-state index contributed by atoms with van der Waals surface area (Å²) in [5, 5.41) is 16.9. The molecule has 0 saturated carbocycles. The van der Waals surface area contributed by atoms with Gasteiger partial charge in [-0.2, -0.15) is 16.7 Å². The molecule has 1 aromatic rings. The number of anilines is 2. The highest BCUT2D eigenvalue weighted by molar-refractivity contribution is 7.99. The third-order valence-electron chi connectivity index (χ3n) is 2.75. The van der Waals surface area contributed by atoms with Crippen LogP contribution in [0.5, 0.6) is 0 Å². The van der Waals surface area contributed by atoms with Gasteiger partial charge in [0.2, 0.25) is 11.8 Å². The van der Waals surface area contributed by atoms with Gasteiger partial charge in [0.1, 0.15) is 6.20 Å². The van der Waals surface area contributed by atoms with Gasteiger partial charge in [-0.1, -0.05) is 0 Å². The number of hydrogen-bond donors (Lipinski definition) is 2. The van der Waals surface area contributed by atoms with Crippen LogP contribution in [0.25, 0.3) is 0 Å². The lowest BCUT2D eigenvalue weighted by molar-refractivity contribution is -0.384. The van der Waals surface area contributed by atoms with Crippen LogP contribution in [0.3, 0.4) is 0 Å². The lowest BCUT2D eigenvalue weighted by Crippen LogP contribution is -2.25. The standard InChI is InChI=1S/C10H15N5O2S/c1-11-10-12-6-8(15(16)17)9(14-10)13-7-2-4-18-5-3-7/h6-7H,2-5H2,1H3,(H2,11,12,13,14). The van der Waals surface area contributed by atoms with Crippen molar-refractivity contribution in [2.45, 2.75) is 18.9 Å². The minimum Gasteiger partial charge on any atom is -0.361 e. The Morgan fingerprint density at radius 1 is 1.50 bits per heavy atom. The van der Waals surface area contributed by atoms with Gasteiger partial charge < -0.3 is 10.6 Å². The van der Waals surface area contributed by atoms with E-state index >= 15 is 0 Å². The molecule has 0 aromatic carbocycles. The van der Waals surface area contributed by atoms with E-state index in [4.69, 9.17) is 0 Å². The fourth-order valence-electron chi connectivity index (χ4n) is 1.77. The van der Waals surface area contributed by atoms with Crippen LogP contribution in [-0.2, 0) is 0 Å². The summed E-state index contributed by atoms with van der Waals surface area (Å²) >= 11 is 1.91. The van der Waals surface area contributed by atoms with Gasteiger partial charge in [-0.05, 0) is 24.3 Å². The zero-order valence-electron chi connectivity index (χ0n) is 10.0. The Kier molecular flexibility index (Phi) is 4.19. The molecule has 0 radical (unpaired) electrons. The number of nitro groups is 1. The van der Waals surface area contributed by atoms with Crippen LogP contribution in [0.15, 0.2) is 6.20 Å². The van der Waals surface area contributed by atoms with Crippen molar-refractivity contribution in [3.05, 3.63) is 16.3 Å². The summed E-state index contributed by atoms with van der Waals surface area (Å²) in [6.07, 6.45) is 3.24. The van der Waals surface area contributed by atoms with E-state index in [2.05, 4.69) is 20.6 Å². The highest BCUT2D eigenvalue weighted by Crippen LogP contribution is 2.26. The van der Waals surface area contributed by atoms with Crippen LogP contribution in [0, 0.1) is 10.1 Å². The van der Waals surface area contributed by atoms with Gasteiger partial charge in [-0.25, -0.2) is 4.98 Å². The minimum atomic E-state index is -0.459. The number of hydrogen-bond acceptors (Lipinski definition) is 7. The molecule has 0 bridgehead atoms. The summed E-state index contributed by atoms with van der Waals surface area (Å²) in [6, 6.07) is 0.254. The molecular formula is C10H15N5O2S. The average molecular weight is 269 g/mol. The van der Waals surface area contributed by atoms with Crippen molar-refractivity contribution in [3.8, 4) is 0 Å². The molecule has 1 aliphatic rings. The third kappa shape index (κ3) is 3.00. The maximum Gasteiger partial charge on any atom is 0.329 e. The Morgan fingerprint density at radius 3 is 2.83 bits per heavy atom. The van der Waals surface area contributed by atoms with E-state index in [0.29, 0.717) is 11.8 Å². The molecule has 18 heavy (non-hydrogen) atoms. The Bertz CT molecular complexity index is 436. The van der Waals surface area contributed by atoms with Gasteiger partial charge in [0, 0.05) is 13.1 Å². The second kappa shape index (κ2) is 5.85. The molecule has 98 valence electrons. The van der Waals surface area contributed by atoms with Gasteiger partial charge in [-0.15, -0.1) is 0 Å². The van der Waals surface area contributed by atoms with E-state index < -0.39 is 4.92 Å². The fraction of sp³-hybridized carbons (Fsp3) is 0.600. The van der Waals surface area contributed by atoms with Crippen LogP contribution in [0.1, 0.15) is 12.8 Å². The number of rotatable bonds is 4. The van der Waals surface area contributed by atoms with E-state index in [1.54, 1.807) is 7.05 Å². The van der Waals surface area contributed by atoms with Crippen LogP contribution in [-0.4, -0.2) is 39.5 Å². The van der Waals surface area contributed by atoms with Gasteiger partial charge >= 0.3 is 5.69 Å². The van der Waals surface area contributed by atoms with Crippen molar-refractivity contribution in [3.63, 3.8) is 0 Å². The quantitative estimate of drug-likeness (QED) is 0.635. The molecule has 0 atom stereocenters. The molecule has 7 nitrogen and oxygen atoms in total. The van der Waals surface area contributed by atoms with Crippen LogP contribution in [0.2, 0.25) is 0 Å². The zero-order chi connectivity index (χ0) is 13.0. The topological polar surface area (TPSA) is 93.0 Å². The molecule has 2 rings (SSSR count). The molecule has 0 aliphatic carbocycles.